The summed E-state index contributed by atoms with van der Waals surface area (Å²) < 4.78 is 34.3. The molecule has 2 aliphatic rings. The molecule has 172 valence electrons. The van der Waals surface area contributed by atoms with Gasteiger partial charge in [0.1, 0.15) is 11.6 Å². The van der Waals surface area contributed by atoms with Crippen LogP contribution in [0, 0.1) is 24.0 Å². The van der Waals surface area contributed by atoms with E-state index in [1.54, 1.807) is 17.9 Å². The number of carbonyl (C=O) groups excluding carboxylic acids is 1. The Morgan fingerprint density at radius 2 is 1.97 bits per heavy atom. The molecule has 2 aromatic heterocycles. The van der Waals surface area contributed by atoms with Gasteiger partial charge in [-0.15, -0.1) is 0 Å². The van der Waals surface area contributed by atoms with Crippen LogP contribution in [0.1, 0.15) is 67.2 Å². The number of likely N-dealkylation sites (N-methyl/N-ethyl adjacent to an activating group) is 1. The van der Waals surface area contributed by atoms with E-state index in [0.29, 0.717) is 19.0 Å². The largest absolute Gasteiger partial charge is 0.436 e. The van der Waals surface area contributed by atoms with E-state index in [0.717, 1.165) is 24.1 Å². The molecular weight excluding hydrogens is 426 g/mol. The van der Waals surface area contributed by atoms with Gasteiger partial charge in [-0.1, -0.05) is 19.9 Å². The van der Waals surface area contributed by atoms with Gasteiger partial charge < -0.3 is 9.32 Å². The summed E-state index contributed by atoms with van der Waals surface area (Å²) in [5, 5.41) is 8.78. The predicted molar refractivity (Wildman–Crippen MR) is 118 cm³/mol. The Kier molecular flexibility index (Phi) is 4.88. The number of halogens is 2. The highest BCUT2D eigenvalue weighted by Gasteiger charge is 2.64. The minimum Gasteiger partial charge on any atom is -0.436 e. The van der Waals surface area contributed by atoms with Crippen molar-refractivity contribution in [1.82, 2.24) is 20.1 Å². The quantitative estimate of drug-likeness (QED) is 0.543. The van der Waals surface area contributed by atoms with Gasteiger partial charge >= 0.3 is 0 Å². The third kappa shape index (κ3) is 3.03. The first-order valence-corrected chi connectivity index (χ1v) is 11.2. The van der Waals surface area contributed by atoms with Gasteiger partial charge in [-0.3, -0.25) is 4.79 Å². The Morgan fingerprint density at radius 3 is 2.61 bits per heavy atom. The molecule has 3 aromatic rings. The fraction of sp³-hybridized carbons (Fsp3) is 0.440. The van der Waals surface area contributed by atoms with E-state index in [-0.39, 0.29) is 34.3 Å². The van der Waals surface area contributed by atoms with Gasteiger partial charge in [-0.05, 0) is 54.9 Å². The van der Waals surface area contributed by atoms with Gasteiger partial charge in [-0.25, -0.2) is 13.8 Å². The van der Waals surface area contributed by atoms with E-state index >= 15 is 0 Å². The van der Waals surface area contributed by atoms with Crippen molar-refractivity contribution >= 4 is 5.91 Å². The third-order valence-corrected chi connectivity index (χ3v) is 7.80. The van der Waals surface area contributed by atoms with Crippen LogP contribution >= 0.6 is 0 Å². The van der Waals surface area contributed by atoms with E-state index in [4.69, 9.17) is 4.42 Å². The summed E-state index contributed by atoms with van der Waals surface area (Å²) >= 11 is 0. The van der Waals surface area contributed by atoms with Crippen molar-refractivity contribution < 1.29 is 18.0 Å². The Morgan fingerprint density at radius 1 is 1.24 bits per heavy atom. The number of aromatic nitrogens is 3. The van der Waals surface area contributed by atoms with Crippen LogP contribution in [0.5, 0.6) is 0 Å². The lowest BCUT2D eigenvalue weighted by atomic mass is 9.68. The highest BCUT2D eigenvalue weighted by Crippen LogP contribution is 2.67. The average molecular weight is 453 g/mol. The lowest BCUT2D eigenvalue weighted by Crippen LogP contribution is -2.48. The Balaban J connectivity index is 1.56. The molecule has 0 radical (unpaired) electrons. The van der Waals surface area contributed by atoms with Gasteiger partial charge in [0, 0.05) is 25.4 Å². The second kappa shape index (κ2) is 7.43. The molecule has 6 nitrogen and oxygen atoms in total. The fourth-order valence-corrected chi connectivity index (χ4v) is 5.91. The van der Waals surface area contributed by atoms with Crippen molar-refractivity contribution in [3.05, 3.63) is 65.0 Å². The number of hydrogen-bond acceptors (Lipinski definition) is 5. The zero-order chi connectivity index (χ0) is 23.5. The minimum absolute atomic E-state index is 0.159. The van der Waals surface area contributed by atoms with Crippen LogP contribution in [-0.2, 0) is 5.41 Å². The van der Waals surface area contributed by atoms with Gasteiger partial charge in [0.05, 0.1) is 23.1 Å². The molecule has 0 saturated heterocycles. The van der Waals surface area contributed by atoms with Crippen molar-refractivity contribution in [3.8, 4) is 11.3 Å². The Labute approximate surface area is 191 Å². The maximum Gasteiger partial charge on any atom is 0.291 e. The monoisotopic (exact) mass is 452 g/mol. The summed E-state index contributed by atoms with van der Waals surface area (Å²) in [4.78, 5) is 19.0. The molecule has 0 unspecified atom stereocenters. The first-order chi connectivity index (χ1) is 15.7. The number of carbonyl (C=O) groups is 1. The Bertz CT molecular complexity index is 1230. The molecule has 8 heteroatoms. The molecule has 0 N–H and O–H groups in total. The van der Waals surface area contributed by atoms with Crippen LogP contribution in [0.4, 0.5) is 8.78 Å². The second-order valence-corrected chi connectivity index (χ2v) is 9.59. The standard InChI is InChI=1S/C25H26F2N4O2/c1-5-31(23(32)20-12-28-14(2)33-20)13-25-10-9-16(24(25,3)4)15-11-19(29-30-22(15)25)21-17(26)7-6-8-18(21)27/h6-8,11-12,16H,5,9-10,13H2,1-4H3/t16-,25-/m0/s1. The summed E-state index contributed by atoms with van der Waals surface area (Å²) in [6.45, 7) is 8.97. The van der Waals surface area contributed by atoms with Crippen LogP contribution < -0.4 is 0 Å². The first-order valence-electron chi connectivity index (χ1n) is 11.2. The summed E-state index contributed by atoms with van der Waals surface area (Å²) in [6.07, 6.45) is 3.23. The lowest BCUT2D eigenvalue weighted by Gasteiger charge is -2.41. The van der Waals surface area contributed by atoms with Crippen molar-refractivity contribution in [3.63, 3.8) is 0 Å². The highest BCUT2D eigenvalue weighted by atomic mass is 19.1. The normalized spacial score (nSPS) is 22.4. The molecule has 0 spiro atoms. The van der Waals surface area contributed by atoms with E-state index in [1.807, 2.05) is 6.92 Å². The number of rotatable bonds is 5. The number of nitrogens with zero attached hydrogens (tertiary/aromatic N) is 4. The van der Waals surface area contributed by atoms with Crippen LogP contribution in [-0.4, -0.2) is 39.1 Å². The van der Waals surface area contributed by atoms with Crippen molar-refractivity contribution in [2.24, 2.45) is 5.41 Å². The molecule has 1 aromatic carbocycles. The second-order valence-electron chi connectivity index (χ2n) is 9.59. The molecule has 5 rings (SSSR count). The van der Waals surface area contributed by atoms with Crippen LogP contribution in [0.3, 0.4) is 0 Å². The summed E-state index contributed by atoms with van der Waals surface area (Å²) in [5.41, 5.74) is 1.22. The van der Waals surface area contributed by atoms with Crippen LogP contribution in [0.25, 0.3) is 11.3 Å². The topological polar surface area (TPSA) is 72.1 Å². The molecule has 1 amide bonds. The smallest absolute Gasteiger partial charge is 0.291 e. The average Bonchev–Trinajstić information content (AvgIpc) is 3.37. The van der Waals surface area contributed by atoms with Crippen LogP contribution in [0.15, 0.2) is 34.9 Å². The fourth-order valence-electron chi connectivity index (χ4n) is 5.91. The SMILES string of the molecule is CCN(C[C@@]12CC[C@@H](c3cc(-c4c(F)cccc4F)nnc31)C2(C)C)C(=O)c1cnc(C)o1. The molecular formula is C25H26F2N4O2. The first kappa shape index (κ1) is 21.7. The highest BCUT2D eigenvalue weighted by molar-refractivity contribution is 5.91. The van der Waals surface area contributed by atoms with Crippen molar-refractivity contribution in [2.75, 3.05) is 13.1 Å². The number of benzene rings is 1. The van der Waals surface area contributed by atoms with Crippen molar-refractivity contribution in [1.29, 1.82) is 0 Å². The van der Waals surface area contributed by atoms with E-state index in [2.05, 4.69) is 29.0 Å². The van der Waals surface area contributed by atoms with Gasteiger partial charge in [0.15, 0.2) is 5.89 Å². The molecule has 1 fully saturated rings. The minimum atomic E-state index is -0.661. The zero-order valence-electron chi connectivity index (χ0n) is 19.2. The summed E-state index contributed by atoms with van der Waals surface area (Å²) in [5.74, 6) is -0.708. The predicted octanol–water partition coefficient (Wildman–Crippen LogP) is 5.04. The molecule has 2 atom stereocenters. The molecule has 0 aliphatic heterocycles. The Hall–Kier alpha value is -3.16. The maximum absolute atomic E-state index is 14.4. The van der Waals surface area contributed by atoms with E-state index < -0.39 is 17.0 Å². The van der Waals surface area contributed by atoms with E-state index in [1.165, 1.54) is 24.4 Å². The molecule has 2 bridgehead atoms. The summed E-state index contributed by atoms with van der Waals surface area (Å²) in [7, 11) is 0. The van der Waals surface area contributed by atoms with Gasteiger partial charge in [0.25, 0.3) is 5.91 Å². The zero-order valence-corrected chi connectivity index (χ0v) is 19.2. The number of hydrogen-bond donors (Lipinski definition) is 0. The third-order valence-electron chi connectivity index (χ3n) is 7.80. The van der Waals surface area contributed by atoms with Gasteiger partial charge in [0.2, 0.25) is 5.76 Å². The number of fused-ring (bicyclic) bond motifs is 5. The van der Waals surface area contributed by atoms with Crippen LogP contribution in [0.2, 0.25) is 0 Å². The number of oxazole rings is 1. The number of amides is 1. The summed E-state index contributed by atoms with van der Waals surface area (Å²) in [6, 6.07) is 5.57. The van der Waals surface area contributed by atoms with Crippen molar-refractivity contribution in [2.45, 2.75) is 51.9 Å². The molecule has 33 heavy (non-hydrogen) atoms. The molecule has 2 heterocycles. The molecule has 1 saturated carbocycles. The maximum atomic E-state index is 14.4. The molecule has 2 aliphatic carbocycles. The number of aryl methyl sites for hydroxylation is 1. The van der Waals surface area contributed by atoms with E-state index in [9.17, 15) is 13.6 Å². The lowest BCUT2D eigenvalue weighted by molar-refractivity contribution is 0.0620. The van der Waals surface area contributed by atoms with Gasteiger partial charge in [-0.2, -0.15) is 10.2 Å².